The molecule has 2 saturated heterocycles. The quantitative estimate of drug-likeness (QED) is 0.540. The van der Waals surface area contributed by atoms with Gasteiger partial charge in [0.2, 0.25) is 0 Å². The summed E-state index contributed by atoms with van der Waals surface area (Å²) in [6.45, 7) is -0.232. The molecule has 5 rings (SSSR count). The number of hydrogen-bond donors (Lipinski definition) is 1. The summed E-state index contributed by atoms with van der Waals surface area (Å²) in [5, 5.41) is 10.2. The zero-order valence-electron chi connectivity index (χ0n) is 19.2. The minimum atomic E-state index is -0.680. The van der Waals surface area contributed by atoms with Gasteiger partial charge in [-0.3, -0.25) is 0 Å². The van der Waals surface area contributed by atoms with Crippen molar-refractivity contribution in [3.05, 3.63) is 101 Å². The van der Waals surface area contributed by atoms with Crippen molar-refractivity contribution in [3.63, 3.8) is 0 Å². The van der Waals surface area contributed by atoms with Crippen LogP contribution in [0, 0.1) is 0 Å². The Labute approximate surface area is 203 Å². The van der Waals surface area contributed by atoms with Gasteiger partial charge in [-0.1, -0.05) is 60.7 Å². The van der Waals surface area contributed by atoms with Crippen LogP contribution in [0.15, 0.2) is 79.0 Å². The maximum Gasteiger partial charge on any atom is 0.356 e. The maximum absolute atomic E-state index is 12.0. The van der Waals surface area contributed by atoms with Crippen molar-refractivity contribution in [2.45, 2.75) is 43.4 Å². The summed E-state index contributed by atoms with van der Waals surface area (Å²) in [5.74, 6) is -0.508. The Hall–Kier alpha value is -3.14. The molecular formula is C27H27NO7. The van der Waals surface area contributed by atoms with Gasteiger partial charge in [-0.15, -0.1) is 0 Å². The molecule has 2 aliphatic rings. The molecule has 0 saturated carbocycles. The fourth-order valence-corrected chi connectivity index (χ4v) is 4.47. The van der Waals surface area contributed by atoms with Crippen LogP contribution in [-0.4, -0.2) is 54.2 Å². The number of hydrogen-bond acceptors (Lipinski definition) is 8. The molecular weight excluding hydrogens is 450 g/mol. The van der Waals surface area contributed by atoms with Crippen LogP contribution in [0.1, 0.15) is 39.8 Å². The highest BCUT2D eigenvalue weighted by Gasteiger charge is 2.50. The number of benzene rings is 2. The van der Waals surface area contributed by atoms with Crippen LogP contribution >= 0.6 is 0 Å². The lowest BCUT2D eigenvalue weighted by Crippen LogP contribution is -2.59. The molecule has 1 aromatic heterocycles. The molecule has 6 atom stereocenters. The Morgan fingerprint density at radius 2 is 1.43 bits per heavy atom. The lowest BCUT2D eigenvalue weighted by atomic mass is 9.94. The number of fused-ring (bicyclic) bond motifs is 1. The first-order valence-corrected chi connectivity index (χ1v) is 11.5. The van der Waals surface area contributed by atoms with Gasteiger partial charge in [0.05, 0.1) is 19.8 Å². The molecule has 8 heteroatoms. The third kappa shape index (κ3) is 5.12. The van der Waals surface area contributed by atoms with Gasteiger partial charge in [-0.2, -0.15) is 0 Å². The van der Waals surface area contributed by atoms with Crippen LogP contribution < -0.4 is 0 Å². The van der Waals surface area contributed by atoms with Crippen LogP contribution in [0.2, 0.25) is 0 Å². The predicted molar refractivity (Wildman–Crippen MR) is 124 cm³/mol. The third-order valence-corrected chi connectivity index (χ3v) is 6.19. The Bertz CT molecular complexity index is 1130. The van der Waals surface area contributed by atoms with Crippen LogP contribution in [0.4, 0.5) is 0 Å². The number of carbonyl (C=O) groups excluding carboxylic acids is 1. The second kappa shape index (κ2) is 10.6. The van der Waals surface area contributed by atoms with Crippen molar-refractivity contribution in [3.8, 4) is 0 Å². The topological polar surface area (TPSA) is 96.3 Å². The summed E-state index contributed by atoms with van der Waals surface area (Å²) in [6, 6.07) is 22.7. The second-order valence-electron chi connectivity index (χ2n) is 8.46. The number of aromatic nitrogens is 1. The number of methoxy groups -OCH3 is 1. The number of aliphatic hydroxyl groups excluding tert-OH is 1. The molecule has 2 fully saturated rings. The largest absolute Gasteiger partial charge is 0.464 e. The molecule has 0 amide bonds. The van der Waals surface area contributed by atoms with Gasteiger partial charge in [0.15, 0.2) is 12.6 Å². The maximum atomic E-state index is 12.0. The lowest BCUT2D eigenvalue weighted by molar-refractivity contribution is -0.384. The Morgan fingerprint density at radius 3 is 2.00 bits per heavy atom. The van der Waals surface area contributed by atoms with E-state index in [4.69, 9.17) is 23.7 Å². The van der Waals surface area contributed by atoms with E-state index >= 15 is 0 Å². The molecule has 8 nitrogen and oxygen atoms in total. The SMILES string of the molecule is COC(=O)c1cc(C[C@H]2OC(c3ccccc3)O[C@H]3[C@H]2OC(c2ccccc2)O[C@@H]3CO)ccn1. The van der Waals surface area contributed by atoms with Gasteiger partial charge in [-0.25, -0.2) is 9.78 Å². The van der Waals surface area contributed by atoms with Crippen molar-refractivity contribution < 1.29 is 33.6 Å². The van der Waals surface area contributed by atoms with Gasteiger partial charge in [0, 0.05) is 23.7 Å². The minimum Gasteiger partial charge on any atom is -0.464 e. The average molecular weight is 478 g/mol. The van der Waals surface area contributed by atoms with Crippen molar-refractivity contribution in [2.75, 3.05) is 13.7 Å². The molecule has 35 heavy (non-hydrogen) atoms. The summed E-state index contributed by atoms with van der Waals surface area (Å²) in [5.41, 5.74) is 2.74. The molecule has 0 spiro atoms. The number of esters is 1. The Balaban J connectivity index is 1.47. The van der Waals surface area contributed by atoms with Crippen LogP contribution in [0.3, 0.4) is 0 Å². The smallest absolute Gasteiger partial charge is 0.356 e. The van der Waals surface area contributed by atoms with Crippen molar-refractivity contribution in [1.82, 2.24) is 4.98 Å². The van der Waals surface area contributed by atoms with Gasteiger partial charge in [-0.05, 0) is 17.7 Å². The molecule has 0 bridgehead atoms. The predicted octanol–water partition coefficient (Wildman–Crippen LogP) is 3.37. The zero-order chi connectivity index (χ0) is 24.2. The zero-order valence-corrected chi connectivity index (χ0v) is 19.2. The monoisotopic (exact) mass is 477 g/mol. The Kier molecular flexibility index (Phi) is 7.17. The summed E-state index contributed by atoms with van der Waals surface area (Å²) in [4.78, 5) is 16.1. The van der Waals surface area contributed by atoms with Gasteiger partial charge in [0.25, 0.3) is 0 Å². The van der Waals surface area contributed by atoms with Crippen molar-refractivity contribution in [2.24, 2.45) is 0 Å². The number of aliphatic hydroxyl groups is 1. The van der Waals surface area contributed by atoms with E-state index in [0.717, 1.165) is 16.7 Å². The molecule has 3 heterocycles. The lowest BCUT2D eigenvalue weighted by Gasteiger charge is -2.49. The fourth-order valence-electron chi connectivity index (χ4n) is 4.47. The van der Waals surface area contributed by atoms with Gasteiger partial charge >= 0.3 is 5.97 Å². The summed E-state index contributed by atoms with van der Waals surface area (Å²) < 4.78 is 30.0. The van der Waals surface area contributed by atoms with E-state index in [1.807, 2.05) is 66.7 Å². The number of carbonyl (C=O) groups is 1. The van der Waals surface area contributed by atoms with E-state index in [1.54, 1.807) is 12.3 Å². The van der Waals surface area contributed by atoms with E-state index < -0.39 is 43.0 Å². The van der Waals surface area contributed by atoms with E-state index in [1.165, 1.54) is 7.11 Å². The van der Waals surface area contributed by atoms with Crippen molar-refractivity contribution >= 4 is 5.97 Å². The molecule has 0 radical (unpaired) electrons. The first-order chi connectivity index (χ1) is 17.2. The summed E-state index contributed by atoms with van der Waals surface area (Å²) in [6.07, 6.45) is -1.50. The van der Waals surface area contributed by atoms with Crippen molar-refractivity contribution in [1.29, 1.82) is 0 Å². The highest BCUT2D eigenvalue weighted by Crippen LogP contribution is 2.41. The third-order valence-electron chi connectivity index (χ3n) is 6.19. The number of nitrogens with zero attached hydrogens (tertiary/aromatic N) is 1. The molecule has 2 unspecified atom stereocenters. The first-order valence-electron chi connectivity index (χ1n) is 11.5. The fraction of sp³-hybridized carbons (Fsp3) is 0.333. The van der Waals surface area contributed by atoms with Gasteiger partial charge in [0.1, 0.15) is 24.0 Å². The second-order valence-corrected chi connectivity index (χ2v) is 8.46. The molecule has 0 aliphatic carbocycles. The van der Waals surface area contributed by atoms with E-state index in [2.05, 4.69) is 4.98 Å². The molecule has 2 aliphatic heterocycles. The van der Waals surface area contributed by atoms with E-state index in [0.29, 0.717) is 6.42 Å². The highest BCUT2D eigenvalue weighted by molar-refractivity contribution is 5.87. The Morgan fingerprint density at radius 1 is 0.857 bits per heavy atom. The molecule has 2 aromatic carbocycles. The van der Waals surface area contributed by atoms with Crippen LogP contribution in [0.25, 0.3) is 0 Å². The summed E-state index contributed by atoms with van der Waals surface area (Å²) >= 11 is 0. The highest BCUT2D eigenvalue weighted by atomic mass is 16.8. The molecule has 3 aromatic rings. The minimum absolute atomic E-state index is 0.219. The van der Waals surface area contributed by atoms with Crippen LogP contribution in [-0.2, 0) is 30.1 Å². The average Bonchev–Trinajstić information content (AvgIpc) is 2.93. The normalized spacial score (nSPS) is 28.2. The standard InChI is InChI=1S/C27H27NO7/c1-31-25(30)20-14-17(12-13-28-20)15-21-23-24(35-26(32-21)18-8-4-2-5-9-18)22(16-29)33-27(34-23)19-10-6-3-7-11-19/h2-14,21-24,26-27,29H,15-16H2,1H3/t21-,22-,23+,24-,26?,27?/m1/s1. The van der Waals surface area contributed by atoms with E-state index in [-0.39, 0.29) is 12.3 Å². The molecule has 1 N–H and O–H groups in total. The number of rotatable bonds is 6. The number of ether oxygens (including phenoxy) is 5. The van der Waals surface area contributed by atoms with Gasteiger partial charge < -0.3 is 28.8 Å². The summed E-state index contributed by atoms with van der Waals surface area (Å²) in [7, 11) is 1.32. The first kappa shape index (κ1) is 23.6. The number of pyridine rings is 1. The van der Waals surface area contributed by atoms with E-state index in [9.17, 15) is 9.90 Å². The van der Waals surface area contributed by atoms with Crippen LogP contribution in [0.5, 0.6) is 0 Å². The molecule has 182 valence electrons.